The molecule has 1 amide bonds. The first-order chi connectivity index (χ1) is 11.5. The van der Waals surface area contributed by atoms with Crippen LogP contribution in [0.5, 0.6) is 5.75 Å². The van der Waals surface area contributed by atoms with Crippen molar-refractivity contribution >= 4 is 12.0 Å². The summed E-state index contributed by atoms with van der Waals surface area (Å²) in [6, 6.07) is 6.39. The predicted octanol–water partition coefficient (Wildman–Crippen LogP) is 4.24. The first-order valence-electron chi connectivity index (χ1n) is 8.54. The Labute approximate surface area is 141 Å². The van der Waals surface area contributed by atoms with Crippen LogP contribution in [0.2, 0.25) is 0 Å². The van der Waals surface area contributed by atoms with Crippen LogP contribution in [-0.4, -0.2) is 18.6 Å². The van der Waals surface area contributed by atoms with Crippen molar-refractivity contribution in [2.24, 2.45) is 17.8 Å². The standard InChI is InChI=1S/C19H23F2NO2/c1-12(17-11-14-2-6-15(17)10-14)22-18(23)9-5-13-3-7-16(8-4-13)24-19(20)21/h3-5,7-9,12,14-15,17,19H,2,6,10-11H2,1H3,(H,22,23)/b9-5+. The van der Waals surface area contributed by atoms with E-state index >= 15 is 0 Å². The van der Waals surface area contributed by atoms with E-state index < -0.39 is 6.61 Å². The van der Waals surface area contributed by atoms with Crippen LogP contribution in [-0.2, 0) is 4.79 Å². The highest BCUT2D eigenvalue weighted by Crippen LogP contribution is 2.49. The second kappa shape index (κ2) is 7.32. The first kappa shape index (κ1) is 16.9. The van der Waals surface area contributed by atoms with E-state index in [-0.39, 0.29) is 17.7 Å². The molecule has 130 valence electrons. The highest BCUT2D eigenvalue weighted by molar-refractivity contribution is 5.91. The highest BCUT2D eigenvalue weighted by Gasteiger charge is 2.41. The number of ether oxygens (including phenoxy) is 1. The molecule has 4 unspecified atom stereocenters. The minimum Gasteiger partial charge on any atom is -0.435 e. The minimum atomic E-state index is -2.83. The van der Waals surface area contributed by atoms with Crippen molar-refractivity contribution in [3.05, 3.63) is 35.9 Å². The molecule has 5 heteroatoms. The number of nitrogens with one attached hydrogen (secondary N) is 1. The number of hydrogen-bond donors (Lipinski definition) is 1. The summed E-state index contributed by atoms with van der Waals surface area (Å²) in [5.41, 5.74) is 0.763. The Morgan fingerprint density at radius 3 is 2.58 bits per heavy atom. The van der Waals surface area contributed by atoms with Crippen molar-refractivity contribution < 1.29 is 18.3 Å². The topological polar surface area (TPSA) is 38.3 Å². The van der Waals surface area contributed by atoms with Gasteiger partial charge in [-0.1, -0.05) is 18.6 Å². The van der Waals surface area contributed by atoms with Crippen molar-refractivity contribution in [3.63, 3.8) is 0 Å². The molecule has 2 aliphatic carbocycles. The molecule has 3 nitrogen and oxygen atoms in total. The fourth-order valence-electron chi connectivity index (χ4n) is 4.22. The maximum atomic E-state index is 12.1. The van der Waals surface area contributed by atoms with Gasteiger partial charge in [0.05, 0.1) is 0 Å². The fourth-order valence-corrected chi connectivity index (χ4v) is 4.22. The van der Waals surface area contributed by atoms with Gasteiger partial charge in [-0.25, -0.2) is 0 Å². The predicted molar refractivity (Wildman–Crippen MR) is 88.7 cm³/mol. The number of hydrogen-bond acceptors (Lipinski definition) is 2. The second-order valence-corrected chi connectivity index (χ2v) is 6.92. The van der Waals surface area contributed by atoms with Gasteiger partial charge in [-0.2, -0.15) is 8.78 Å². The van der Waals surface area contributed by atoms with E-state index in [1.807, 2.05) is 0 Å². The molecule has 0 aromatic heterocycles. The lowest BCUT2D eigenvalue weighted by atomic mass is 9.84. The molecule has 24 heavy (non-hydrogen) atoms. The summed E-state index contributed by atoms with van der Waals surface area (Å²) < 4.78 is 28.5. The van der Waals surface area contributed by atoms with Gasteiger partial charge in [-0.05, 0) is 67.7 Å². The molecule has 1 aromatic carbocycles. The molecule has 0 heterocycles. The van der Waals surface area contributed by atoms with Crippen LogP contribution < -0.4 is 10.1 Å². The molecule has 2 bridgehead atoms. The molecule has 1 aromatic rings. The van der Waals surface area contributed by atoms with E-state index in [2.05, 4.69) is 17.0 Å². The van der Waals surface area contributed by atoms with Gasteiger partial charge < -0.3 is 10.1 Å². The summed E-state index contributed by atoms with van der Waals surface area (Å²) in [6.45, 7) is -0.738. The highest BCUT2D eigenvalue weighted by atomic mass is 19.3. The summed E-state index contributed by atoms with van der Waals surface area (Å²) in [6.07, 6.45) is 8.39. The van der Waals surface area contributed by atoms with Crippen LogP contribution in [0.15, 0.2) is 30.3 Å². The van der Waals surface area contributed by atoms with Gasteiger partial charge in [-0.3, -0.25) is 4.79 Å². The van der Waals surface area contributed by atoms with Crippen LogP contribution in [0.3, 0.4) is 0 Å². The Balaban J connectivity index is 1.49. The van der Waals surface area contributed by atoms with Gasteiger partial charge >= 0.3 is 6.61 Å². The van der Waals surface area contributed by atoms with E-state index in [0.29, 0.717) is 5.92 Å². The van der Waals surface area contributed by atoms with Gasteiger partial charge in [0.2, 0.25) is 5.91 Å². The zero-order valence-corrected chi connectivity index (χ0v) is 13.8. The van der Waals surface area contributed by atoms with Crippen molar-refractivity contribution in [2.45, 2.75) is 45.3 Å². The molecule has 0 saturated heterocycles. The van der Waals surface area contributed by atoms with Crippen LogP contribution in [0.4, 0.5) is 8.78 Å². The van der Waals surface area contributed by atoms with Crippen molar-refractivity contribution in [1.29, 1.82) is 0 Å². The molecule has 2 aliphatic rings. The van der Waals surface area contributed by atoms with Crippen LogP contribution in [0.25, 0.3) is 6.08 Å². The zero-order chi connectivity index (χ0) is 17.1. The number of carbonyl (C=O) groups is 1. The molecule has 0 aliphatic heterocycles. The summed E-state index contributed by atoms with van der Waals surface area (Å²) >= 11 is 0. The Hall–Kier alpha value is -1.91. The third kappa shape index (κ3) is 4.13. The third-order valence-electron chi connectivity index (χ3n) is 5.34. The Kier molecular flexibility index (Phi) is 5.17. The summed E-state index contributed by atoms with van der Waals surface area (Å²) in [7, 11) is 0. The smallest absolute Gasteiger partial charge is 0.387 e. The molecule has 1 N–H and O–H groups in total. The molecule has 4 atom stereocenters. The van der Waals surface area contributed by atoms with E-state index in [9.17, 15) is 13.6 Å². The third-order valence-corrected chi connectivity index (χ3v) is 5.34. The number of fused-ring (bicyclic) bond motifs is 2. The van der Waals surface area contributed by atoms with Gasteiger partial charge in [0.25, 0.3) is 0 Å². The summed E-state index contributed by atoms with van der Waals surface area (Å²) in [5, 5.41) is 3.06. The molecule has 0 spiro atoms. The largest absolute Gasteiger partial charge is 0.435 e. The van der Waals surface area contributed by atoms with Crippen molar-refractivity contribution in [2.75, 3.05) is 0 Å². The normalized spacial score (nSPS) is 26.9. The van der Waals surface area contributed by atoms with E-state index in [4.69, 9.17) is 0 Å². The van der Waals surface area contributed by atoms with E-state index in [1.165, 1.54) is 43.9 Å². The number of alkyl halides is 2. The van der Waals surface area contributed by atoms with Crippen LogP contribution in [0, 0.1) is 17.8 Å². The Morgan fingerprint density at radius 1 is 1.25 bits per heavy atom. The second-order valence-electron chi connectivity index (χ2n) is 6.92. The molecule has 2 fully saturated rings. The number of halogens is 2. The lowest BCUT2D eigenvalue weighted by molar-refractivity contribution is -0.117. The number of rotatable bonds is 6. The van der Waals surface area contributed by atoms with Gasteiger partial charge in [0, 0.05) is 12.1 Å². The quantitative estimate of drug-likeness (QED) is 0.790. The number of carbonyl (C=O) groups excluding carboxylic acids is 1. The first-order valence-corrected chi connectivity index (χ1v) is 8.54. The van der Waals surface area contributed by atoms with Crippen LogP contribution >= 0.6 is 0 Å². The minimum absolute atomic E-state index is 0.108. The average Bonchev–Trinajstić information content (AvgIpc) is 3.17. The summed E-state index contributed by atoms with van der Waals surface area (Å²) in [4.78, 5) is 12.1. The van der Waals surface area contributed by atoms with Gasteiger partial charge in [-0.15, -0.1) is 0 Å². The monoisotopic (exact) mass is 335 g/mol. The molecular weight excluding hydrogens is 312 g/mol. The van der Waals surface area contributed by atoms with Crippen molar-refractivity contribution in [3.8, 4) is 5.75 Å². The SMILES string of the molecule is CC(NC(=O)/C=C/c1ccc(OC(F)F)cc1)C1CC2CCC1C2. The Morgan fingerprint density at radius 2 is 2.00 bits per heavy atom. The Bertz CT molecular complexity index is 600. The average molecular weight is 335 g/mol. The van der Waals surface area contributed by atoms with Crippen molar-refractivity contribution in [1.82, 2.24) is 5.32 Å². The molecule has 3 rings (SSSR count). The number of benzene rings is 1. The molecular formula is C19H23F2NO2. The maximum absolute atomic E-state index is 12.1. The van der Waals surface area contributed by atoms with E-state index in [0.717, 1.165) is 17.4 Å². The van der Waals surface area contributed by atoms with E-state index in [1.54, 1.807) is 18.2 Å². The number of amides is 1. The fraction of sp³-hybridized carbons (Fsp3) is 0.526. The lowest BCUT2D eigenvalue weighted by Crippen LogP contribution is -2.39. The van der Waals surface area contributed by atoms with Gasteiger partial charge in [0.15, 0.2) is 0 Å². The molecule has 2 saturated carbocycles. The molecule has 0 radical (unpaired) electrons. The summed E-state index contributed by atoms with van der Waals surface area (Å²) in [5.74, 6) is 2.24. The maximum Gasteiger partial charge on any atom is 0.387 e. The zero-order valence-electron chi connectivity index (χ0n) is 13.8. The van der Waals surface area contributed by atoms with Crippen LogP contribution in [0.1, 0.15) is 38.2 Å². The van der Waals surface area contributed by atoms with Gasteiger partial charge in [0.1, 0.15) is 5.75 Å². The lowest BCUT2D eigenvalue weighted by Gasteiger charge is -2.28.